The molecule has 1 aliphatic heterocycles. The first kappa shape index (κ1) is 20.4. The first-order valence-electron chi connectivity index (χ1n) is 9.56. The molecule has 6 heteroatoms. The average molecular weight is 402 g/mol. The normalized spacial score (nSPS) is 16.1. The number of methoxy groups -OCH3 is 2. The smallest absolute Gasteiger partial charge is 0.255 e. The highest BCUT2D eigenvalue weighted by atomic mass is 32.2. The van der Waals surface area contributed by atoms with Gasteiger partial charge in [0, 0.05) is 23.4 Å². The van der Waals surface area contributed by atoms with Gasteiger partial charge in [-0.15, -0.1) is 11.8 Å². The van der Waals surface area contributed by atoms with Crippen LogP contribution in [0.25, 0.3) is 0 Å². The summed E-state index contributed by atoms with van der Waals surface area (Å²) in [4.78, 5) is 15.1. The Labute approximate surface area is 171 Å². The summed E-state index contributed by atoms with van der Waals surface area (Å²) in [5.74, 6) is 3.05. The summed E-state index contributed by atoms with van der Waals surface area (Å²) in [6.45, 7) is 3.53. The van der Waals surface area contributed by atoms with Crippen LogP contribution in [-0.4, -0.2) is 43.9 Å². The number of hydrogen-bond donors (Lipinski definition) is 0. The molecule has 0 N–H and O–H groups in total. The van der Waals surface area contributed by atoms with Gasteiger partial charge in [0.15, 0.2) is 11.5 Å². The fourth-order valence-electron chi connectivity index (χ4n) is 3.24. The van der Waals surface area contributed by atoms with Crippen molar-refractivity contribution in [1.29, 1.82) is 0 Å². The van der Waals surface area contributed by atoms with E-state index >= 15 is 0 Å². The number of amides is 1. The molecule has 1 saturated heterocycles. The molecule has 0 aliphatic carbocycles. The fraction of sp³-hybridized carbons (Fsp3) is 0.409. The van der Waals surface area contributed by atoms with E-state index in [1.807, 2.05) is 47.4 Å². The lowest BCUT2D eigenvalue weighted by Gasteiger charge is -2.26. The lowest BCUT2D eigenvalue weighted by atomic mass is 10.1. The highest BCUT2D eigenvalue weighted by Crippen LogP contribution is 2.45. The summed E-state index contributed by atoms with van der Waals surface area (Å²) >= 11 is 1.74. The van der Waals surface area contributed by atoms with Gasteiger partial charge in [-0.2, -0.15) is 0 Å². The maximum atomic E-state index is 13.2. The second-order valence-corrected chi connectivity index (χ2v) is 7.72. The predicted octanol–water partition coefficient (Wildman–Crippen LogP) is 4.77. The molecule has 1 amide bonds. The molecule has 0 unspecified atom stereocenters. The number of benzene rings is 2. The van der Waals surface area contributed by atoms with E-state index in [-0.39, 0.29) is 11.3 Å². The van der Waals surface area contributed by atoms with Crippen molar-refractivity contribution in [3.8, 4) is 17.2 Å². The number of carbonyl (C=O) groups excluding carboxylic acids is 1. The second kappa shape index (κ2) is 9.73. The van der Waals surface area contributed by atoms with E-state index in [4.69, 9.17) is 14.2 Å². The molecule has 0 saturated carbocycles. The van der Waals surface area contributed by atoms with Crippen molar-refractivity contribution in [1.82, 2.24) is 4.90 Å². The largest absolute Gasteiger partial charge is 0.494 e. The minimum Gasteiger partial charge on any atom is -0.494 e. The highest BCUT2D eigenvalue weighted by Gasteiger charge is 2.33. The number of rotatable bonds is 8. The Morgan fingerprint density at radius 2 is 1.93 bits per heavy atom. The number of para-hydroxylation sites is 1. The third kappa shape index (κ3) is 4.38. The Balaban J connectivity index is 1.78. The summed E-state index contributed by atoms with van der Waals surface area (Å²) in [6.07, 6.45) is 2.12. The Morgan fingerprint density at radius 1 is 1.14 bits per heavy atom. The van der Waals surface area contributed by atoms with Crippen LogP contribution in [0.15, 0.2) is 42.5 Å². The van der Waals surface area contributed by atoms with Crippen LogP contribution in [0.5, 0.6) is 17.2 Å². The first-order valence-corrected chi connectivity index (χ1v) is 10.6. The summed E-state index contributed by atoms with van der Waals surface area (Å²) < 4.78 is 16.7. The van der Waals surface area contributed by atoms with E-state index in [1.165, 1.54) is 0 Å². The Hall–Kier alpha value is -2.34. The molecule has 5 nitrogen and oxygen atoms in total. The van der Waals surface area contributed by atoms with Crippen LogP contribution in [0.1, 0.15) is 41.1 Å². The van der Waals surface area contributed by atoms with Gasteiger partial charge in [0.05, 0.1) is 20.8 Å². The molecule has 2 aromatic rings. The molecule has 1 aliphatic rings. The fourth-order valence-corrected chi connectivity index (χ4v) is 4.51. The van der Waals surface area contributed by atoms with Gasteiger partial charge in [-0.05, 0) is 36.8 Å². The molecule has 0 radical (unpaired) electrons. The monoisotopic (exact) mass is 401 g/mol. The van der Waals surface area contributed by atoms with Gasteiger partial charge in [-0.25, -0.2) is 0 Å². The number of ether oxygens (including phenoxy) is 3. The molecule has 3 rings (SSSR count). The van der Waals surface area contributed by atoms with Gasteiger partial charge in [-0.3, -0.25) is 4.79 Å². The zero-order chi connectivity index (χ0) is 19.9. The lowest BCUT2D eigenvalue weighted by Crippen LogP contribution is -2.30. The minimum absolute atomic E-state index is 0.0139. The quantitative estimate of drug-likeness (QED) is 0.596. The van der Waals surface area contributed by atoms with Crippen molar-refractivity contribution >= 4 is 17.7 Å². The van der Waals surface area contributed by atoms with E-state index in [0.717, 1.165) is 29.9 Å². The van der Waals surface area contributed by atoms with Gasteiger partial charge < -0.3 is 19.1 Å². The van der Waals surface area contributed by atoms with Crippen LogP contribution >= 0.6 is 11.8 Å². The molecule has 0 bridgehead atoms. The van der Waals surface area contributed by atoms with Gasteiger partial charge in [-0.1, -0.05) is 25.5 Å². The Bertz CT molecular complexity index is 794. The maximum Gasteiger partial charge on any atom is 0.255 e. The molecule has 1 atom stereocenters. The molecule has 150 valence electrons. The van der Waals surface area contributed by atoms with Crippen LogP contribution in [0.3, 0.4) is 0 Å². The van der Waals surface area contributed by atoms with Crippen molar-refractivity contribution in [2.24, 2.45) is 0 Å². The van der Waals surface area contributed by atoms with Crippen LogP contribution < -0.4 is 14.2 Å². The van der Waals surface area contributed by atoms with Gasteiger partial charge in [0.1, 0.15) is 11.1 Å². The zero-order valence-electron chi connectivity index (χ0n) is 16.6. The number of unbranched alkanes of at least 4 members (excludes halogenated alkanes) is 1. The summed E-state index contributed by atoms with van der Waals surface area (Å²) in [6, 6.07) is 13.2. The lowest BCUT2D eigenvalue weighted by molar-refractivity contribution is 0.0759. The molecule has 0 aromatic heterocycles. The zero-order valence-corrected chi connectivity index (χ0v) is 17.5. The van der Waals surface area contributed by atoms with E-state index < -0.39 is 0 Å². The number of nitrogens with zero attached hydrogens (tertiary/aromatic N) is 1. The van der Waals surface area contributed by atoms with Crippen molar-refractivity contribution in [3.05, 3.63) is 53.6 Å². The molecule has 1 heterocycles. The van der Waals surface area contributed by atoms with E-state index in [1.54, 1.807) is 26.0 Å². The predicted molar refractivity (Wildman–Crippen MR) is 113 cm³/mol. The van der Waals surface area contributed by atoms with Gasteiger partial charge >= 0.3 is 0 Å². The average Bonchev–Trinajstić information content (AvgIpc) is 3.23. The summed E-state index contributed by atoms with van der Waals surface area (Å²) in [5.41, 5.74) is 1.62. The van der Waals surface area contributed by atoms with Crippen LogP contribution in [0.2, 0.25) is 0 Å². The standard InChI is InChI=1S/C22H27NO4S/c1-4-5-14-27-17-11-9-16(10-12-17)21(24)23-13-15-28-22(23)18-7-6-8-19(25-2)20(18)26-3/h6-12,22H,4-5,13-15H2,1-3H3/t22-/m0/s1. The van der Waals surface area contributed by atoms with E-state index in [0.29, 0.717) is 30.2 Å². The van der Waals surface area contributed by atoms with Crippen LogP contribution in [-0.2, 0) is 0 Å². The summed E-state index contributed by atoms with van der Waals surface area (Å²) in [5, 5.41) is -0.0990. The molecular formula is C22H27NO4S. The van der Waals surface area contributed by atoms with Crippen molar-refractivity contribution in [2.45, 2.75) is 25.1 Å². The van der Waals surface area contributed by atoms with E-state index in [9.17, 15) is 4.79 Å². The molecule has 2 aromatic carbocycles. The van der Waals surface area contributed by atoms with Crippen LogP contribution in [0.4, 0.5) is 0 Å². The Kier molecular flexibility index (Phi) is 7.09. The van der Waals surface area contributed by atoms with Crippen LogP contribution in [0, 0.1) is 0 Å². The Morgan fingerprint density at radius 3 is 2.61 bits per heavy atom. The molecule has 1 fully saturated rings. The van der Waals surface area contributed by atoms with Crippen molar-refractivity contribution < 1.29 is 19.0 Å². The topological polar surface area (TPSA) is 48.0 Å². The first-order chi connectivity index (χ1) is 13.7. The minimum atomic E-state index is -0.0990. The van der Waals surface area contributed by atoms with Crippen molar-refractivity contribution in [2.75, 3.05) is 33.1 Å². The molecule has 28 heavy (non-hydrogen) atoms. The molecule has 0 spiro atoms. The van der Waals surface area contributed by atoms with Crippen molar-refractivity contribution in [3.63, 3.8) is 0 Å². The maximum absolute atomic E-state index is 13.2. The summed E-state index contributed by atoms with van der Waals surface area (Å²) in [7, 11) is 3.25. The number of thioether (sulfide) groups is 1. The highest BCUT2D eigenvalue weighted by molar-refractivity contribution is 7.99. The number of hydrogen-bond acceptors (Lipinski definition) is 5. The number of carbonyl (C=O) groups is 1. The van der Waals surface area contributed by atoms with E-state index in [2.05, 4.69) is 6.92 Å². The third-order valence-corrected chi connectivity index (χ3v) is 5.96. The molecular weight excluding hydrogens is 374 g/mol. The third-order valence-electron chi connectivity index (χ3n) is 4.72. The van der Waals surface area contributed by atoms with Gasteiger partial charge in [0.2, 0.25) is 0 Å². The SMILES string of the molecule is CCCCOc1ccc(C(=O)N2CCS[C@H]2c2cccc(OC)c2OC)cc1. The van der Waals surface area contributed by atoms with Gasteiger partial charge in [0.25, 0.3) is 5.91 Å². The second-order valence-electron chi connectivity index (χ2n) is 6.53.